The van der Waals surface area contributed by atoms with Crippen molar-refractivity contribution in [3.05, 3.63) is 30.1 Å². The summed E-state index contributed by atoms with van der Waals surface area (Å²) in [6.45, 7) is 6.28. The van der Waals surface area contributed by atoms with Gasteiger partial charge >= 0.3 is 0 Å². The van der Waals surface area contributed by atoms with Crippen LogP contribution in [0, 0.1) is 11.8 Å². The van der Waals surface area contributed by atoms with Crippen molar-refractivity contribution in [3.8, 4) is 0 Å². The SMILES string of the molecule is c1ccc(CN2C[C@@H]3CC[C@H](C2)N(CC2CCC2)C3)nc1. The molecule has 1 aliphatic carbocycles. The zero-order chi connectivity index (χ0) is 14.1. The first kappa shape index (κ1) is 13.7. The quantitative estimate of drug-likeness (QED) is 0.848. The summed E-state index contributed by atoms with van der Waals surface area (Å²) in [6.07, 6.45) is 9.20. The average molecular weight is 285 g/mol. The number of pyridine rings is 1. The number of hydrogen-bond donors (Lipinski definition) is 0. The summed E-state index contributed by atoms with van der Waals surface area (Å²) in [5, 5.41) is 0. The van der Waals surface area contributed by atoms with E-state index in [1.54, 1.807) is 0 Å². The van der Waals surface area contributed by atoms with Crippen molar-refractivity contribution in [3.63, 3.8) is 0 Å². The Balaban J connectivity index is 1.40. The molecule has 1 aromatic heterocycles. The van der Waals surface area contributed by atoms with Crippen LogP contribution in [0.3, 0.4) is 0 Å². The third-order valence-corrected chi connectivity index (χ3v) is 5.73. The van der Waals surface area contributed by atoms with Crippen LogP contribution in [0.1, 0.15) is 37.8 Å². The van der Waals surface area contributed by atoms with Crippen molar-refractivity contribution in [2.24, 2.45) is 11.8 Å². The lowest BCUT2D eigenvalue weighted by Crippen LogP contribution is -2.46. The molecule has 0 spiro atoms. The Bertz CT molecular complexity index is 457. The van der Waals surface area contributed by atoms with E-state index in [1.807, 2.05) is 12.3 Å². The minimum absolute atomic E-state index is 0.799. The molecule has 0 radical (unpaired) electrons. The second-order valence-electron chi connectivity index (χ2n) is 7.36. The first-order valence-electron chi connectivity index (χ1n) is 8.73. The van der Waals surface area contributed by atoms with Gasteiger partial charge in [-0.15, -0.1) is 0 Å². The summed E-state index contributed by atoms with van der Waals surface area (Å²) in [7, 11) is 0. The lowest BCUT2D eigenvalue weighted by Gasteiger charge is -2.40. The van der Waals surface area contributed by atoms with Crippen molar-refractivity contribution in [1.82, 2.24) is 14.8 Å². The zero-order valence-corrected chi connectivity index (χ0v) is 13.0. The van der Waals surface area contributed by atoms with Gasteiger partial charge in [0.1, 0.15) is 0 Å². The van der Waals surface area contributed by atoms with Gasteiger partial charge in [-0.3, -0.25) is 14.8 Å². The fourth-order valence-corrected chi connectivity index (χ4v) is 4.36. The Morgan fingerprint density at radius 2 is 2.00 bits per heavy atom. The average Bonchev–Trinajstić information content (AvgIpc) is 2.74. The van der Waals surface area contributed by atoms with E-state index < -0.39 is 0 Å². The maximum Gasteiger partial charge on any atom is 0.0543 e. The van der Waals surface area contributed by atoms with Gasteiger partial charge in [0.25, 0.3) is 0 Å². The second kappa shape index (κ2) is 6.05. The highest BCUT2D eigenvalue weighted by Gasteiger charge is 2.36. The first-order chi connectivity index (χ1) is 10.4. The van der Waals surface area contributed by atoms with Crippen molar-refractivity contribution >= 4 is 0 Å². The number of hydrogen-bond acceptors (Lipinski definition) is 3. The van der Waals surface area contributed by atoms with Gasteiger partial charge < -0.3 is 0 Å². The van der Waals surface area contributed by atoms with Crippen LogP contribution in [0.25, 0.3) is 0 Å². The molecule has 4 heterocycles. The van der Waals surface area contributed by atoms with Crippen LogP contribution < -0.4 is 0 Å². The maximum absolute atomic E-state index is 4.51. The topological polar surface area (TPSA) is 19.4 Å². The van der Waals surface area contributed by atoms with Crippen LogP contribution in [-0.2, 0) is 6.54 Å². The molecule has 4 fully saturated rings. The van der Waals surface area contributed by atoms with Crippen LogP contribution in [0.2, 0.25) is 0 Å². The van der Waals surface area contributed by atoms with E-state index in [1.165, 1.54) is 64.0 Å². The van der Waals surface area contributed by atoms with Crippen LogP contribution in [0.4, 0.5) is 0 Å². The fourth-order valence-electron chi connectivity index (χ4n) is 4.36. The molecule has 1 saturated carbocycles. The molecule has 4 aliphatic rings. The molecule has 3 saturated heterocycles. The lowest BCUT2D eigenvalue weighted by atomic mass is 9.83. The zero-order valence-electron chi connectivity index (χ0n) is 13.0. The van der Waals surface area contributed by atoms with E-state index >= 15 is 0 Å². The summed E-state index contributed by atoms with van der Waals surface area (Å²) in [5.74, 6) is 1.89. The predicted molar refractivity (Wildman–Crippen MR) is 84.9 cm³/mol. The molecular weight excluding hydrogens is 258 g/mol. The molecule has 3 nitrogen and oxygen atoms in total. The minimum Gasteiger partial charge on any atom is -0.299 e. The normalized spacial score (nSPS) is 31.0. The highest BCUT2D eigenvalue weighted by Crippen LogP contribution is 2.33. The molecule has 2 atom stereocenters. The Hall–Kier alpha value is -0.930. The Morgan fingerprint density at radius 1 is 1.05 bits per heavy atom. The smallest absolute Gasteiger partial charge is 0.0543 e. The third kappa shape index (κ3) is 3.14. The highest BCUT2D eigenvalue weighted by atomic mass is 15.3. The van der Waals surface area contributed by atoms with Gasteiger partial charge in [0.2, 0.25) is 0 Å². The van der Waals surface area contributed by atoms with Crippen LogP contribution in [0.5, 0.6) is 0 Å². The molecule has 0 N–H and O–H groups in total. The standard InChI is InChI=1S/C18H27N3/c1-2-9-19-17(6-1)13-20-10-16-7-8-18(14-20)21(12-16)11-15-4-3-5-15/h1-2,6,9,15-16,18H,3-5,7-8,10-14H2/t16-,18+/m0/s1. The lowest BCUT2D eigenvalue weighted by molar-refractivity contribution is 0.0890. The van der Waals surface area contributed by atoms with Crippen LogP contribution in [0.15, 0.2) is 24.4 Å². The Kier molecular flexibility index (Phi) is 3.95. The van der Waals surface area contributed by atoms with E-state index in [4.69, 9.17) is 0 Å². The molecule has 3 heteroatoms. The molecular formula is C18H27N3. The molecule has 0 aromatic carbocycles. The highest BCUT2D eigenvalue weighted by molar-refractivity contribution is 5.04. The first-order valence-corrected chi connectivity index (χ1v) is 8.73. The van der Waals surface area contributed by atoms with Gasteiger partial charge in [-0.2, -0.15) is 0 Å². The van der Waals surface area contributed by atoms with E-state index in [2.05, 4.69) is 26.9 Å². The summed E-state index contributed by atoms with van der Waals surface area (Å²) in [6, 6.07) is 7.08. The summed E-state index contributed by atoms with van der Waals surface area (Å²) in [5.41, 5.74) is 1.23. The van der Waals surface area contributed by atoms with Crippen molar-refractivity contribution in [2.45, 2.75) is 44.7 Å². The fraction of sp³-hybridized carbons (Fsp3) is 0.722. The van der Waals surface area contributed by atoms with E-state index in [-0.39, 0.29) is 0 Å². The number of rotatable bonds is 4. The number of piperidine rings is 1. The third-order valence-electron chi connectivity index (χ3n) is 5.73. The van der Waals surface area contributed by atoms with Crippen molar-refractivity contribution < 1.29 is 0 Å². The maximum atomic E-state index is 4.51. The molecule has 1 aromatic rings. The largest absolute Gasteiger partial charge is 0.299 e. The summed E-state index contributed by atoms with van der Waals surface area (Å²) in [4.78, 5) is 10.00. The van der Waals surface area contributed by atoms with Gasteiger partial charge in [-0.1, -0.05) is 12.5 Å². The minimum atomic E-state index is 0.799. The van der Waals surface area contributed by atoms with E-state index in [0.29, 0.717) is 0 Å². The van der Waals surface area contributed by atoms with E-state index in [0.717, 1.165) is 24.4 Å². The monoisotopic (exact) mass is 285 g/mol. The van der Waals surface area contributed by atoms with Crippen molar-refractivity contribution in [2.75, 3.05) is 26.2 Å². The number of aromatic nitrogens is 1. The molecule has 2 bridgehead atoms. The molecule has 3 aliphatic heterocycles. The predicted octanol–water partition coefficient (Wildman–Crippen LogP) is 2.78. The molecule has 114 valence electrons. The van der Waals surface area contributed by atoms with Gasteiger partial charge in [-0.05, 0) is 49.7 Å². The van der Waals surface area contributed by atoms with Crippen molar-refractivity contribution in [1.29, 1.82) is 0 Å². The number of fused-ring (bicyclic) bond motifs is 4. The van der Waals surface area contributed by atoms with Gasteiger partial charge in [0.05, 0.1) is 5.69 Å². The number of nitrogens with zero attached hydrogens (tertiary/aromatic N) is 3. The van der Waals surface area contributed by atoms with Gasteiger partial charge in [-0.25, -0.2) is 0 Å². The molecule has 0 unspecified atom stereocenters. The van der Waals surface area contributed by atoms with Crippen LogP contribution >= 0.6 is 0 Å². The summed E-state index contributed by atoms with van der Waals surface area (Å²) < 4.78 is 0. The van der Waals surface area contributed by atoms with Gasteiger partial charge in [0.15, 0.2) is 0 Å². The summed E-state index contributed by atoms with van der Waals surface area (Å²) >= 11 is 0. The van der Waals surface area contributed by atoms with E-state index in [9.17, 15) is 0 Å². The molecule has 0 amide bonds. The molecule has 21 heavy (non-hydrogen) atoms. The Morgan fingerprint density at radius 3 is 2.76 bits per heavy atom. The second-order valence-corrected chi connectivity index (χ2v) is 7.36. The van der Waals surface area contributed by atoms with Gasteiger partial charge in [0, 0.05) is 45.0 Å². The molecule has 5 rings (SSSR count). The van der Waals surface area contributed by atoms with Crippen LogP contribution in [-0.4, -0.2) is 47.0 Å². The Labute approximate surface area is 128 Å².